The molecule has 35 heavy (non-hydrogen) atoms. The van der Waals surface area contributed by atoms with Gasteiger partial charge >= 0.3 is 0 Å². The molecule has 2 heterocycles. The number of rotatable bonds is 9. The molecule has 4 rings (SSSR count). The van der Waals surface area contributed by atoms with E-state index in [9.17, 15) is 17.2 Å². The van der Waals surface area contributed by atoms with Gasteiger partial charge in [0.1, 0.15) is 11.9 Å². The summed E-state index contributed by atoms with van der Waals surface area (Å²) in [6, 6.07) is 11.2. The molecule has 1 aliphatic heterocycles. The first kappa shape index (κ1) is 26.5. The second kappa shape index (κ2) is 11.7. The van der Waals surface area contributed by atoms with E-state index in [4.69, 9.17) is 16.3 Å². The Morgan fingerprint density at radius 2 is 2.11 bits per heavy atom. The van der Waals surface area contributed by atoms with E-state index in [1.54, 1.807) is 23.6 Å². The van der Waals surface area contributed by atoms with Crippen molar-refractivity contribution >= 4 is 61.4 Å². The first-order chi connectivity index (χ1) is 16.7. The van der Waals surface area contributed by atoms with Crippen LogP contribution in [-0.4, -0.2) is 41.4 Å². The van der Waals surface area contributed by atoms with Crippen molar-refractivity contribution in [1.29, 1.82) is 0 Å². The Labute approximate surface area is 225 Å². The van der Waals surface area contributed by atoms with Crippen LogP contribution < -0.4 is 9.46 Å². The predicted molar refractivity (Wildman–Crippen MR) is 143 cm³/mol. The summed E-state index contributed by atoms with van der Waals surface area (Å²) >= 11 is 10.00. The molecule has 1 saturated heterocycles. The van der Waals surface area contributed by atoms with Gasteiger partial charge in [-0.1, -0.05) is 52.4 Å². The van der Waals surface area contributed by atoms with Gasteiger partial charge in [-0.15, -0.1) is 11.3 Å². The van der Waals surface area contributed by atoms with E-state index < -0.39 is 16.4 Å². The van der Waals surface area contributed by atoms with Gasteiger partial charge < -0.3 is 4.74 Å². The Kier molecular flexibility index (Phi) is 8.85. The number of likely N-dealkylation sites (tertiary alicyclic amines) is 1. The molecule has 0 bridgehead atoms. The third-order valence-corrected chi connectivity index (χ3v) is 8.99. The van der Waals surface area contributed by atoms with Crippen LogP contribution in [0.2, 0.25) is 5.02 Å². The highest BCUT2D eigenvalue weighted by molar-refractivity contribution is 14.1. The van der Waals surface area contributed by atoms with Crippen LogP contribution in [0.5, 0.6) is 5.75 Å². The van der Waals surface area contributed by atoms with E-state index in [-0.39, 0.29) is 33.4 Å². The summed E-state index contributed by atoms with van der Waals surface area (Å²) in [5.41, 5.74) is 2.44. The zero-order valence-corrected chi connectivity index (χ0v) is 23.0. The Morgan fingerprint density at radius 1 is 1.29 bits per heavy atom. The SMILES string of the molecule is O=S(=O)(Nc1cscn1)c1ccc(O[C@H]2CCN(Cc3cccc(C(F)F)c3)[C@H](CI)C2)c(Cl)c1. The number of nitrogens with zero attached hydrogens (tertiary/aromatic N) is 2. The Balaban J connectivity index is 1.39. The molecule has 188 valence electrons. The predicted octanol–water partition coefficient (Wildman–Crippen LogP) is 6.38. The van der Waals surface area contributed by atoms with Crippen LogP contribution in [-0.2, 0) is 16.6 Å². The summed E-state index contributed by atoms with van der Waals surface area (Å²) < 4.78 is 60.7. The summed E-state index contributed by atoms with van der Waals surface area (Å²) in [6.07, 6.45) is -1.09. The number of alkyl halides is 3. The quantitative estimate of drug-likeness (QED) is 0.214. The van der Waals surface area contributed by atoms with Gasteiger partial charge in [0.2, 0.25) is 0 Å². The summed E-state index contributed by atoms with van der Waals surface area (Å²) in [5, 5.41) is 1.81. The molecular weight excluding hydrogens is 631 g/mol. The molecule has 1 fully saturated rings. The molecule has 0 amide bonds. The molecule has 0 radical (unpaired) electrons. The lowest BCUT2D eigenvalue weighted by Gasteiger charge is -2.39. The fraction of sp³-hybridized carbons (Fsp3) is 0.348. The van der Waals surface area contributed by atoms with Gasteiger partial charge in [0.15, 0.2) is 5.82 Å². The molecule has 1 aliphatic rings. The maximum atomic E-state index is 13.1. The number of hydrogen-bond acceptors (Lipinski definition) is 6. The van der Waals surface area contributed by atoms with E-state index in [1.807, 2.05) is 6.07 Å². The molecule has 2 aromatic carbocycles. The lowest BCUT2D eigenvalue weighted by molar-refractivity contribution is 0.0615. The van der Waals surface area contributed by atoms with Gasteiger partial charge in [0.25, 0.3) is 16.4 Å². The average molecular weight is 654 g/mol. The van der Waals surface area contributed by atoms with Crippen molar-refractivity contribution in [1.82, 2.24) is 9.88 Å². The summed E-state index contributed by atoms with van der Waals surface area (Å²) in [5.74, 6) is 0.679. The third kappa shape index (κ3) is 6.82. The number of benzene rings is 2. The van der Waals surface area contributed by atoms with Crippen molar-refractivity contribution in [2.45, 2.75) is 42.9 Å². The van der Waals surface area contributed by atoms with Crippen molar-refractivity contribution in [3.8, 4) is 5.75 Å². The molecule has 0 unspecified atom stereocenters. The minimum absolute atomic E-state index is 0.0221. The first-order valence-electron chi connectivity index (χ1n) is 10.8. The largest absolute Gasteiger partial charge is 0.489 e. The maximum Gasteiger partial charge on any atom is 0.263 e. The molecule has 1 N–H and O–H groups in total. The van der Waals surface area contributed by atoms with E-state index in [1.165, 1.54) is 35.0 Å². The zero-order chi connectivity index (χ0) is 25.0. The lowest BCUT2D eigenvalue weighted by Crippen LogP contribution is -2.46. The third-order valence-electron chi connectivity index (χ3n) is 5.73. The van der Waals surface area contributed by atoms with Crippen LogP contribution in [0.3, 0.4) is 0 Å². The molecule has 2 atom stereocenters. The van der Waals surface area contributed by atoms with Crippen molar-refractivity contribution < 1.29 is 21.9 Å². The number of piperidine rings is 1. The molecule has 12 heteroatoms. The smallest absolute Gasteiger partial charge is 0.263 e. The van der Waals surface area contributed by atoms with Crippen LogP contribution in [0.4, 0.5) is 14.6 Å². The standard InChI is InChI=1S/C23H23ClF2IN3O3S2/c24-20-10-19(35(31,32)29-22-13-34-14-28-22)4-5-21(20)33-18-6-7-30(17(9-18)11-27)12-15-2-1-3-16(8-15)23(25)26/h1-5,8,10,13-14,17-18,23,29H,6-7,9,11-12H2/t17-,18-/m0/s1. The molecule has 0 spiro atoms. The Morgan fingerprint density at radius 3 is 2.80 bits per heavy atom. The van der Waals surface area contributed by atoms with Crippen LogP contribution in [0.1, 0.15) is 30.4 Å². The van der Waals surface area contributed by atoms with Crippen molar-refractivity contribution in [3.05, 3.63) is 69.5 Å². The van der Waals surface area contributed by atoms with Gasteiger partial charge in [-0.25, -0.2) is 22.2 Å². The minimum atomic E-state index is -3.81. The van der Waals surface area contributed by atoms with E-state index in [2.05, 4.69) is 37.2 Å². The highest BCUT2D eigenvalue weighted by Gasteiger charge is 2.30. The normalized spacial score (nSPS) is 19.1. The number of aromatic nitrogens is 1. The number of halogens is 4. The van der Waals surface area contributed by atoms with E-state index in [0.29, 0.717) is 12.3 Å². The molecule has 0 saturated carbocycles. The van der Waals surface area contributed by atoms with Gasteiger partial charge in [-0.05, 0) is 36.2 Å². The molecule has 3 aromatic rings. The second-order valence-electron chi connectivity index (χ2n) is 8.16. The highest BCUT2D eigenvalue weighted by Crippen LogP contribution is 2.32. The van der Waals surface area contributed by atoms with E-state index >= 15 is 0 Å². The van der Waals surface area contributed by atoms with Gasteiger partial charge in [-0.2, -0.15) is 0 Å². The fourth-order valence-corrected chi connectivity index (χ4v) is 6.77. The lowest BCUT2D eigenvalue weighted by atomic mass is 9.99. The number of sulfonamides is 1. The molecule has 1 aromatic heterocycles. The maximum absolute atomic E-state index is 13.1. The van der Waals surface area contributed by atoms with Crippen LogP contribution >= 0.6 is 45.5 Å². The summed E-state index contributed by atoms with van der Waals surface area (Å²) in [4.78, 5) is 6.25. The molecule has 6 nitrogen and oxygen atoms in total. The summed E-state index contributed by atoms with van der Waals surface area (Å²) in [6.45, 7) is 1.35. The number of nitrogens with one attached hydrogen (secondary N) is 1. The van der Waals surface area contributed by atoms with Crippen molar-refractivity contribution in [2.24, 2.45) is 0 Å². The second-order valence-corrected chi connectivity index (χ2v) is 11.8. The van der Waals surface area contributed by atoms with Gasteiger partial charge in [0.05, 0.1) is 15.4 Å². The minimum Gasteiger partial charge on any atom is -0.489 e. The Hall–Kier alpha value is -1.54. The number of ether oxygens (including phenoxy) is 1. The fourth-order valence-electron chi connectivity index (χ4n) is 3.98. The number of anilines is 1. The first-order valence-corrected chi connectivity index (χ1v) is 15.1. The molecular formula is C23H23ClF2IN3O3S2. The van der Waals surface area contributed by atoms with Crippen LogP contribution in [0.25, 0.3) is 0 Å². The van der Waals surface area contributed by atoms with Crippen LogP contribution in [0.15, 0.2) is 58.3 Å². The Bertz CT molecular complexity index is 1250. The number of thiazole rings is 1. The number of hydrogen-bond donors (Lipinski definition) is 1. The van der Waals surface area contributed by atoms with Gasteiger partial charge in [-0.3, -0.25) is 9.62 Å². The monoisotopic (exact) mass is 653 g/mol. The topological polar surface area (TPSA) is 71.5 Å². The molecule has 0 aliphatic carbocycles. The van der Waals surface area contributed by atoms with Crippen molar-refractivity contribution in [3.63, 3.8) is 0 Å². The summed E-state index contributed by atoms with van der Waals surface area (Å²) in [7, 11) is -3.81. The zero-order valence-electron chi connectivity index (χ0n) is 18.4. The van der Waals surface area contributed by atoms with E-state index in [0.717, 1.165) is 29.4 Å². The average Bonchev–Trinajstić information content (AvgIpc) is 3.33. The van der Waals surface area contributed by atoms with Gasteiger partial charge in [0, 0.05) is 40.9 Å². The highest BCUT2D eigenvalue weighted by atomic mass is 127. The van der Waals surface area contributed by atoms with Crippen LogP contribution in [0, 0.1) is 0 Å². The van der Waals surface area contributed by atoms with Crippen molar-refractivity contribution in [2.75, 3.05) is 15.7 Å².